The van der Waals surface area contributed by atoms with Gasteiger partial charge in [0.15, 0.2) is 0 Å². The van der Waals surface area contributed by atoms with Gasteiger partial charge in [-0.15, -0.1) is 0 Å². The summed E-state index contributed by atoms with van der Waals surface area (Å²) in [5.41, 5.74) is 0.702. The molecule has 0 amide bonds. The van der Waals surface area contributed by atoms with Crippen molar-refractivity contribution in [1.29, 1.82) is 0 Å². The van der Waals surface area contributed by atoms with Gasteiger partial charge in [0.1, 0.15) is 18.1 Å². The molecule has 0 aliphatic heterocycles. The first-order valence-corrected chi connectivity index (χ1v) is 5.45. The second kappa shape index (κ2) is 5.46. The summed E-state index contributed by atoms with van der Waals surface area (Å²) < 4.78 is 5.41. The third-order valence-electron chi connectivity index (χ3n) is 2.13. The number of aromatic nitrogens is 2. The summed E-state index contributed by atoms with van der Waals surface area (Å²) >= 11 is 5.71. The van der Waals surface area contributed by atoms with Crippen molar-refractivity contribution in [3.8, 4) is 5.75 Å². The van der Waals surface area contributed by atoms with E-state index >= 15 is 0 Å². The first kappa shape index (κ1) is 12.3. The number of nitrogens with zero attached hydrogens (tertiary/aromatic N) is 2. The van der Waals surface area contributed by atoms with Gasteiger partial charge in [0, 0.05) is 6.20 Å². The quantitative estimate of drug-likeness (QED) is 0.918. The molecular formula is C12H9ClN2O3. The van der Waals surface area contributed by atoms with E-state index in [0.717, 1.165) is 5.69 Å². The number of ether oxygens (including phenoxy) is 1. The lowest BCUT2D eigenvalue weighted by molar-refractivity contribution is 0.0690. The summed E-state index contributed by atoms with van der Waals surface area (Å²) in [5.74, 6) is -0.585. The number of aromatic carboxylic acids is 1. The molecule has 0 fully saturated rings. The number of hydrogen-bond acceptors (Lipinski definition) is 4. The second-order valence-corrected chi connectivity index (χ2v) is 3.88. The van der Waals surface area contributed by atoms with Crippen LogP contribution in [0.3, 0.4) is 0 Å². The third kappa shape index (κ3) is 3.18. The van der Waals surface area contributed by atoms with Crippen molar-refractivity contribution in [3.63, 3.8) is 0 Å². The first-order chi connectivity index (χ1) is 8.65. The minimum atomic E-state index is -1.07. The van der Waals surface area contributed by atoms with Crippen LogP contribution in [0.2, 0.25) is 5.02 Å². The molecule has 0 radical (unpaired) electrons. The van der Waals surface area contributed by atoms with Gasteiger partial charge in [-0.05, 0) is 24.3 Å². The van der Waals surface area contributed by atoms with E-state index in [4.69, 9.17) is 21.4 Å². The maximum Gasteiger partial charge on any atom is 0.354 e. The Morgan fingerprint density at radius 1 is 1.22 bits per heavy atom. The molecule has 6 heteroatoms. The van der Waals surface area contributed by atoms with Crippen LogP contribution >= 0.6 is 11.6 Å². The number of carboxylic acid groups (broad SMARTS) is 1. The van der Waals surface area contributed by atoms with E-state index in [1.807, 2.05) is 0 Å². The molecule has 0 aliphatic carbocycles. The lowest BCUT2D eigenvalue weighted by Crippen LogP contribution is -2.01. The highest BCUT2D eigenvalue weighted by molar-refractivity contribution is 6.30. The zero-order valence-electron chi connectivity index (χ0n) is 9.21. The van der Waals surface area contributed by atoms with Crippen molar-refractivity contribution in [1.82, 2.24) is 9.97 Å². The topological polar surface area (TPSA) is 72.3 Å². The highest BCUT2D eigenvalue weighted by atomic mass is 35.5. The highest BCUT2D eigenvalue weighted by Gasteiger charge is 2.04. The standard InChI is InChI=1S/C12H9ClN2O3/c13-8-1-2-9(14-5-8)7-18-10-3-4-11(12(16)17)15-6-10/h1-6H,7H2,(H,16,17). The number of rotatable bonds is 4. The van der Waals surface area contributed by atoms with Gasteiger partial charge >= 0.3 is 5.97 Å². The smallest absolute Gasteiger partial charge is 0.354 e. The Morgan fingerprint density at radius 2 is 2.06 bits per heavy atom. The largest absolute Gasteiger partial charge is 0.486 e. The van der Waals surface area contributed by atoms with Gasteiger partial charge in [-0.1, -0.05) is 11.6 Å². The number of halogens is 1. The molecule has 0 aromatic carbocycles. The molecule has 18 heavy (non-hydrogen) atoms. The van der Waals surface area contributed by atoms with Crippen molar-refractivity contribution in [3.05, 3.63) is 53.1 Å². The van der Waals surface area contributed by atoms with Gasteiger partial charge in [-0.3, -0.25) is 4.98 Å². The Hall–Kier alpha value is -2.14. The first-order valence-electron chi connectivity index (χ1n) is 5.08. The fourth-order valence-electron chi connectivity index (χ4n) is 1.24. The fourth-order valence-corrected chi connectivity index (χ4v) is 1.35. The number of carbonyl (C=O) groups is 1. The average Bonchev–Trinajstić information content (AvgIpc) is 2.38. The summed E-state index contributed by atoms with van der Waals surface area (Å²) in [7, 11) is 0. The SMILES string of the molecule is O=C(O)c1ccc(OCc2ccc(Cl)cn2)cn1. The maximum absolute atomic E-state index is 10.6. The zero-order chi connectivity index (χ0) is 13.0. The van der Waals surface area contributed by atoms with Crippen LogP contribution in [-0.2, 0) is 6.61 Å². The van der Waals surface area contributed by atoms with Crippen LogP contribution < -0.4 is 4.74 Å². The average molecular weight is 265 g/mol. The van der Waals surface area contributed by atoms with E-state index in [-0.39, 0.29) is 12.3 Å². The Morgan fingerprint density at radius 3 is 2.61 bits per heavy atom. The minimum absolute atomic E-state index is 0.0213. The molecule has 0 atom stereocenters. The van der Waals surface area contributed by atoms with Crippen LogP contribution in [0.4, 0.5) is 0 Å². The monoisotopic (exact) mass is 264 g/mol. The van der Waals surface area contributed by atoms with Gasteiger partial charge in [-0.25, -0.2) is 9.78 Å². The van der Waals surface area contributed by atoms with E-state index in [9.17, 15) is 4.79 Å². The van der Waals surface area contributed by atoms with Crippen LogP contribution in [0.5, 0.6) is 5.75 Å². The van der Waals surface area contributed by atoms with E-state index in [0.29, 0.717) is 10.8 Å². The van der Waals surface area contributed by atoms with E-state index in [1.165, 1.54) is 18.5 Å². The van der Waals surface area contributed by atoms with Crippen LogP contribution in [-0.4, -0.2) is 21.0 Å². The van der Waals surface area contributed by atoms with Gasteiger partial charge in [-0.2, -0.15) is 0 Å². The minimum Gasteiger partial charge on any atom is -0.486 e. The van der Waals surface area contributed by atoms with Crippen molar-refractivity contribution >= 4 is 17.6 Å². The summed E-state index contributed by atoms with van der Waals surface area (Å²) in [6.45, 7) is 0.269. The molecule has 2 aromatic heterocycles. The van der Waals surface area contributed by atoms with Crippen LogP contribution in [0.25, 0.3) is 0 Å². The molecule has 2 aromatic rings. The van der Waals surface area contributed by atoms with E-state index in [2.05, 4.69) is 9.97 Å². The molecule has 0 saturated carbocycles. The van der Waals surface area contributed by atoms with Crippen LogP contribution in [0, 0.1) is 0 Å². The number of pyridine rings is 2. The zero-order valence-corrected chi connectivity index (χ0v) is 9.96. The van der Waals surface area contributed by atoms with Crippen LogP contribution in [0.1, 0.15) is 16.2 Å². The third-order valence-corrected chi connectivity index (χ3v) is 2.35. The Bertz CT molecular complexity index is 540. The second-order valence-electron chi connectivity index (χ2n) is 3.44. The lowest BCUT2D eigenvalue weighted by atomic mass is 10.3. The molecular weight excluding hydrogens is 256 g/mol. The molecule has 0 unspecified atom stereocenters. The molecule has 0 saturated heterocycles. The van der Waals surface area contributed by atoms with Gasteiger partial charge in [0.25, 0.3) is 0 Å². The summed E-state index contributed by atoms with van der Waals surface area (Å²) in [6.07, 6.45) is 2.89. The van der Waals surface area contributed by atoms with Gasteiger partial charge in [0.05, 0.1) is 16.9 Å². The predicted octanol–water partition coefficient (Wildman–Crippen LogP) is 2.41. The van der Waals surface area contributed by atoms with E-state index < -0.39 is 5.97 Å². The molecule has 92 valence electrons. The normalized spacial score (nSPS) is 10.1. The predicted molar refractivity (Wildman–Crippen MR) is 64.8 cm³/mol. The number of carboxylic acids is 1. The summed E-state index contributed by atoms with van der Waals surface area (Å²) in [6, 6.07) is 6.40. The fraction of sp³-hybridized carbons (Fsp3) is 0.0833. The van der Waals surface area contributed by atoms with Crippen molar-refractivity contribution < 1.29 is 14.6 Å². The highest BCUT2D eigenvalue weighted by Crippen LogP contribution is 2.12. The molecule has 5 nitrogen and oxygen atoms in total. The molecule has 0 spiro atoms. The molecule has 0 bridgehead atoms. The van der Waals surface area contributed by atoms with Crippen molar-refractivity contribution in [2.75, 3.05) is 0 Å². The molecule has 2 rings (SSSR count). The summed E-state index contributed by atoms with van der Waals surface area (Å²) in [4.78, 5) is 18.4. The number of hydrogen-bond donors (Lipinski definition) is 1. The summed E-state index contributed by atoms with van der Waals surface area (Å²) in [5, 5.41) is 9.25. The van der Waals surface area contributed by atoms with E-state index in [1.54, 1.807) is 18.2 Å². The van der Waals surface area contributed by atoms with Crippen molar-refractivity contribution in [2.45, 2.75) is 6.61 Å². The lowest BCUT2D eigenvalue weighted by Gasteiger charge is -2.05. The van der Waals surface area contributed by atoms with Crippen LogP contribution in [0.15, 0.2) is 36.7 Å². The Labute approximate surface area is 108 Å². The molecule has 0 aliphatic rings. The van der Waals surface area contributed by atoms with Gasteiger partial charge < -0.3 is 9.84 Å². The molecule has 1 N–H and O–H groups in total. The Kier molecular flexibility index (Phi) is 3.74. The van der Waals surface area contributed by atoms with Crippen molar-refractivity contribution in [2.24, 2.45) is 0 Å². The Balaban J connectivity index is 1.97. The molecule has 2 heterocycles. The maximum atomic E-state index is 10.6. The van der Waals surface area contributed by atoms with Gasteiger partial charge in [0.2, 0.25) is 0 Å².